The van der Waals surface area contributed by atoms with Crippen LogP contribution in [0, 0.1) is 0 Å². The SMILES string of the molecule is CC(C)N1CCC(C)(NC(=O)c2cc(=O)cc[nH]2)CC1. The van der Waals surface area contributed by atoms with Gasteiger partial charge in [-0.15, -0.1) is 0 Å². The zero-order valence-electron chi connectivity index (χ0n) is 12.4. The molecule has 0 saturated carbocycles. The number of likely N-dealkylation sites (tertiary alicyclic amines) is 1. The highest BCUT2D eigenvalue weighted by Crippen LogP contribution is 2.23. The maximum atomic E-state index is 12.2. The van der Waals surface area contributed by atoms with Crippen LogP contribution in [0.4, 0.5) is 0 Å². The number of carbonyl (C=O) groups excluding carboxylic acids is 1. The van der Waals surface area contributed by atoms with Gasteiger partial charge in [0.05, 0.1) is 0 Å². The van der Waals surface area contributed by atoms with Crippen molar-refractivity contribution >= 4 is 5.91 Å². The molecular weight excluding hydrogens is 254 g/mol. The van der Waals surface area contributed by atoms with Gasteiger partial charge in [0.25, 0.3) is 5.91 Å². The lowest BCUT2D eigenvalue weighted by atomic mass is 9.89. The first-order chi connectivity index (χ1) is 9.39. The maximum absolute atomic E-state index is 12.2. The van der Waals surface area contributed by atoms with E-state index in [4.69, 9.17) is 0 Å². The normalized spacial score (nSPS) is 19.0. The van der Waals surface area contributed by atoms with Crippen molar-refractivity contribution in [2.45, 2.75) is 45.2 Å². The van der Waals surface area contributed by atoms with Crippen LogP contribution in [0.5, 0.6) is 0 Å². The van der Waals surface area contributed by atoms with Gasteiger partial charge in [-0.3, -0.25) is 9.59 Å². The Bertz CT molecular complexity index is 528. The van der Waals surface area contributed by atoms with E-state index in [1.165, 1.54) is 18.3 Å². The molecule has 0 atom stereocenters. The number of amides is 1. The Morgan fingerprint density at radius 2 is 2.05 bits per heavy atom. The van der Waals surface area contributed by atoms with Gasteiger partial charge in [-0.25, -0.2) is 0 Å². The standard InChI is InChI=1S/C15H23N3O2/c1-11(2)18-8-5-15(3,6-9-18)17-14(20)13-10-12(19)4-7-16-13/h4,7,10-11H,5-6,8-9H2,1-3H3,(H,16,19)(H,17,20). The van der Waals surface area contributed by atoms with Gasteiger partial charge < -0.3 is 15.2 Å². The lowest BCUT2D eigenvalue weighted by Crippen LogP contribution is -2.54. The van der Waals surface area contributed by atoms with E-state index < -0.39 is 0 Å². The van der Waals surface area contributed by atoms with E-state index in [1.807, 2.05) is 0 Å². The number of carbonyl (C=O) groups is 1. The largest absolute Gasteiger partial charge is 0.357 e. The Labute approximate surface area is 119 Å². The number of rotatable bonds is 3. The Morgan fingerprint density at radius 1 is 1.40 bits per heavy atom. The second-order valence-electron chi connectivity index (χ2n) is 6.08. The lowest BCUT2D eigenvalue weighted by molar-refractivity contribution is 0.0797. The number of piperidine rings is 1. The fourth-order valence-electron chi connectivity index (χ4n) is 2.58. The molecule has 2 heterocycles. The molecule has 1 aliphatic heterocycles. The zero-order chi connectivity index (χ0) is 14.8. The molecule has 110 valence electrons. The Kier molecular flexibility index (Phi) is 4.28. The number of nitrogens with zero attached hydrogens (tertiary/aromatic N) is 1. The molecule has 0 spiro atoms. The van der Waals surface area contributed by atoms with Crippen LogP contribution >= 0.6 is 0 Å². The highest BCUT2D eigenvalue weighted by Gasteiger charge is 2.32. The number of pyridine rings is 1. The van der Waals surface area contributed by atoms with Crippen molar-refractivity contribution in [2.24, 2.45) is 0 Å². The number of H-pyrrole nitrogens is 1. The van der Waals surface area contributed by atoms with Crippen molar-refractivity contribution in [1.82, 2.24) is 15.2 Å². The van der Waals surface area contributed by atoms with Crippen LogP contribution in [0.1, 0.15) is 44.1 Å². The van der Waals surface area contributed by atoms with Gasteiger partial charge in [0, 0.05) is 43.0 Å². The summed E-state index contributed by atoms with van der Waals surface area (Å²) in [4.78, 5) is 28.7. The fraction of sp³-hybridized carbons (Fsp3) is 0.600. The molecule has 0 radical (unpaired) electrons. The average molecular weight is 277 g/mol. The number of hydrogen-bond acceptors (Lipinski definition) is 3. The van der Waals surface area contributed by atoms with Crippen molar-refractivity contribution in [3.8, 4) is 0 Å². The van der Waals surface area contributed by atoms with Crippen molar-refractivity contribution < 1.29 is 4.79 Å². The van der Waals surface area contributed by atoms with Crippen molar-refractivity contribution in [1.29, 1.82) is 0 Å². The second-order valence-corrected chi connectivity index (χ2v) is 6.08. The van der Waals surface area contributed by atoms with E-state index in [0.717, 1.165) is 25.9 Å². The van der Waals surface area contributed by atoms with Gasteiger partial charge in [-0.1, -0.05) is 0 Å². The van der Waals surface area contributed by atoms with Gasteiger partial charge in [0.15, 0.2) is 5.43 Å². The minimum absolute atomic E-state index is 0.159. The van der Waals surface area contributed by atoms with E-state index in [0.29, 0.717) is 11.7 Å². The maximum Gasteiger partial charge on any atom is 0.268 e. The molecule has 0 bridgehead atoms. The third-order valence-corrected chi connectivity index (χ3v) is 4.06. The zero-order valence-corrected chi connectivity index (χ0v) is 12.4. The minimum Gasteiger partial charge on any atom is -0.357 e. The molecule has 1 saturated heterocycles. The molecule has 1 aromatic rings. The highest BCUT2D eigenvalue weighted by atomic mass is 16.2. The summed E-state index contributed by atoms with van der Waals surface area (Å²) in [6.07, 6.45) is 3.35. The predicted octanol–water partition coefficient (Wildman–Crippen LogP) is 1.37. The molecular formula is C15H23N3O2. The monoisotopic (exact) mass is 277 g/mol. The van der Waals surface area contributed by atoms with E-state index >= 15 is 0 Å². The summed E-state index contributed by atoms with van der Waals surface area (Å²) in [5.41, 5.74) is -0.0337. The summed E-state index contributed by atoms with van der Waals surface area (Å²) in [7, 11) is 0. The van der Waals surface area contributed by atoms with Crippen LogP contribution in [0.15, 0.2) is 23.1 Å². The third-order valence-electron chi connectivity index (χ3n) is 4.06. The summed E-state index contributed by atoms with van der Waals surface area (Å²) in [6.45, 7) is 8.43. The molecule has 1 fully saturated rings. The molecule has 2 N–H and O–H groups in total. The van der Waals surface area contributed by atoms with E-state index in [9.17, 15) is 9.59 Å². The summed E-state index contributed by atoms with van der Waals surface area (Å²) < 4.78 is 0. The van der Waals surface area contributed by atoms with Crippen LogP contribution in [-0.4, -0.2) is 40.5 Å². The molecule has 1 aliphatic rings. The van der Waals surface area contributed by atoms with Crippen LogP contribution < -0.4 is 10.7 Å². The minimum atomic E-state index is -0.205. The van der Waals surface area contributed by atoms with E-state index in [1.54, 1.807) is 0 Å². The quantitative estimate of drug-likeness (QED) is 0.877. The number of hydrogen-bond donors (Lipinski definition) is 2. The molecule has 5 nitrogen and oxygen atoms in total. The molecule has 0 aliphatic carbocycles. The lowest BCUT2D eigenvalue weighted by Gasteiger charge is -2.41. The summed E-state index contributed by atoms with van der Waals surface area (Å²) in [6, 6.07) is 3.28. The van der Waals surface area contributed by atoms with Crippen LogP contribution in [-0.2, 0) is 0 Å². The fourth-order valence-corrected chi connectivity index (χ4v) is 2.58. The van der Waals surface area contributed by atoms with Crippen molar-refractivity contribution in [2.75, 3.05) is 13.1 Å². The first-order valence-electron chi connectivity index (χ1n) is 7.15. The van der Waals surface area contributed by atoms with Gasteiger partial charge in [-0.2, -0.15) is 0 Å². The summed E-state index contributed by atoms with van der Waals surface area (Å²) in [5, 5.41) is 3.06. The number of aromatic amines is 1. The van der Waals surface area contributed by atoms with E-state index in [2.05, 4.69) is 36.0 Å². The summed E-state index contributed by atoms with van der Waals surface area (Å²) >= 11 is 0. The molecule has 20 heavy (non-hydrogen) atoms. The van der Waals surface area contributed by atoms with E-state index in [-0.39, 0.29) is 16.9 Å². The Morgan fingerprint density at radius 3 is 2.60 bits per heavy atom. The first kappa shape index (κ1) is 14.8. The Balaban J connectivity index is 1.99. The molecule has 0 unspecified atom stereocenters. The van der Waals surface area contributed by atoms with Crippen LogP contribution in [0.3, 0.4) is 0 Å². The number of aromatic nitrogens is 1. The molecule has 0 aromatic carbocycles. The van der Waals surface area contributed by atoms with Gasteiger partial charge in [-0.05, 0) is 33.6 Å². The molecule has 5 heteroatoms. The van der Waals surface area contributed by atoms with Crippen LogP contribution in [0.2, 0.25) is 0 Å². The predicted molar refractivity (Wildman–Crippen MR) is 78.9 cm³/mol. The van der Waals surface area contributed by atoms with Crippen molar-refractivity contribution in [3.05, 3.63) is 34.2 Å². The van der Waals surface area contributed by atoms with Gasteiger partial charge in [0.2, 0.25) is 0 Å². The van der Waals surface area contributed by atoms with Crippen LogP contribution in [0.25, 0.3) is 0 Å². The molecule has 1 aromatic heterocycles. The average Bonchev–Trinajstić information content (AvgIpc) is 2.38. The third kappa shape index (κ3) is 3.48. The summed E-state index contributed by atoms with van der Waals surface area (Å²) in [5.74, 6) is -0.205. The van der Waals surface area contributed by atoms with Gasteiger partial charge in [0.1, 0.15) is 5.69 Å². The molecule has 2 rings (SSSR count). The topological polar surface area (TPSA) is 65.2 Å². The molecule has 1 amide bonds. The number of nitrogens with one attached hydrogen (secondary N) is 2. The smallest absolute Gasteiger partial charge is 0.268 e. The highest BCUT2D eigenvalue weighted by molar-refractivity contribution is 5.92. The Hall–Kier alpha value is -1.62. The van der Waals surface area contributed by atoms with Crippen molar-refractivity contribution in [3.63, 3.8) is 0 Å². The first-order valence-corrected chi connectivity index (χ1v) is 7.15. The second kappa shape index (κ2) is 5.79. The van der Waals surface area contributed by atoms with Gasteiger partial charge >= 0.3 is 0 Å².